The van der Waals surface area contributed by atoms with Gasteiger partial charge in [0, 0.05) is 24.7 Å². The van der Waals surface area contributed by atoms with Crippen molar-refractivity contribution in [1.82, 2.24) is 15.2 Å². The van der Waals surface area contributed by atoms with E-state index in [-0.39, 0.29) is 12.5 Å². The summed E-state index contributed by atoms with van der Waals surface area (Å²) in [6.45, 7) is 1.64. The number of amides is 3. The summed E-state index contributed by atoms with van der Waals surface area (Å²) in [5.41, 5.74) is 0. The van der Waals surface area contributed by atoms with Crippen molar-refractivity contribution in [3.8, 4) is 0 Å². The number of carbonyl (C=O) groups excluding carboxylic acids is 2. The third kappa shape index (κ3) is 3.42. The summed E-state index contributed by atoms with van der Waals surface area (Å²) in [5.74, 6) is -0.0308. The first-order valence-corrected chi connectivity index (χ1v) is 6.36. The molecule has 17 heavy (non-hydrogen) atoms. The SMILES string of the molecule is O=C(NCC(=O)N1CCCC1)Nc1nccs1. The molecule has 1 saturated heterocycles. The van der Waals surface area contributed by atoms with E-state index < -0.39 is 6.03 Å². The van der Waals surface area contributed by atoms with Gasteiger partial charge in [0.15, 0.2) is 5.13 Å². The zero-order valence-corrected chi connectivity index (χ0v) is 10.1. The van der Waals surface area contributed by atoms with Crippen molar-refractivity contribution in [2.45, 2.75) is 12.8 Å². The Balaban J connectivity index is 1.70. The van der Waals surface area contributed by atoms with Crippen molar-refractivity contribution in [1.29, 1.82) is 0 Å². The van der Waals surface area contributed by atoms with Gasteiger partial charge in [-0.25, -0.2) is 9.78 Å². The smallest absolute Gasteiger partial charge is 0.321 e. The number of thiazole rings is 1. The van der Waals surface area contributed by atoms with Gasteiger partial charge in [-0.2, -0.15) is 0 Å². The van der Waals surface area contributed by atoms with Gasteiger partial charge >= 0.3 is 6.03 Å². The standard InChI is InChI=1S/C10H14N4O2S/c15-8(14-4-1-2-5-14)7-12-9(16)13-10-11-3-6-17-10/h3,6H,1-2,4-5,7H2,(H2,11,12,13,16). The molecule has 2 rings (SSSR count). The minimum atomic E-state index is -0.396. The Labute approximate surface area is 103 Å². The molecule has 0 radical (unpaired) electrons. The molecule has 1 aromatic heterocycles. The van der Waals surface area contributed by atoms with Gasteiger partial charge < -0.3 is 10.2 Å². The van der Waals surface area contributed by atoms with E-state index in [2.05, 4.69) is 15.6 Å². The van der Waals surface area contributed by atoms with Crippen LogP contribution >= 0.6 is 11.3 Å². The Hall–Kier alpha value is -1.63. The lowest BCUT2D eigenvalue weighted by molar-refractivity contribution is -0.128. The number of carbonyl (C=O) groups is 2. The minimum Gasteiger partial charge on any atom is -0.341 e. The lowest BCUT2D eigenvalue weighted by Crippen LogP contribution is -2.40. The van der Waals surface area contributed by atoms with Gasteiger partial charge in [0.05, 0.1) is 6.54 Å². The van der Waals surface area contributed by atoms with Crippen LogP contribution in [0.4, 0.5) is 9.93 Å². The van der Waals surface area contributed by atoms with Crippen LogP contribution in [0.15, 0.2) is 11.6 Å². The van der Waals surface area contributed by atoms with Crippen LogP contribution in [-0.4, -0.2) is 41.5 Å². The van der Waals surface area contributed by atoms with E-state index in [1.165, 1.54) is 11.3 Å². The summed E-state index contributed by atoms with van der Waals surface area (Å²) >= 11 is 1.33. The summed E-state index contributed by atoms with van der Waals surface area (Å²) in [4.78, 5) is 28.7. The van der Waals surface area contributed by atoms with Gasteiger partial charge in [0.2, 0.25) is 5.91 Å². The molecule has 1 aliphatic rings. The Morgan fingerprint density at radius 3 is 2.82 bits per heavy atom. The zero-order chi connectivity index (χ0) is 12.1. The van der Waals surface area contributed by atoms with Crippen LogP contribution in [0, 0.1) is 0 Å². The number of nitrogens with zero attached hydrogens (tertiary/aromatic N) is 2. The fourth-order valence-electron chi connectivity index (χ4n) is 1.66. The molecular weight excluding hydrogens is 240 g/mol. The molecule has 0 atom stereocenters. The molecule has 0 bridgehead atoms. The summed E-state index contributed by atoms with van der Waals surface area (Å²) in [7, 11) is 0. The van der Waals surface area contributed by atoms with Crippen LogP contribution in [0.5, 0.6) is 0 Å². The van der Waals surface area contributed by atoms with E-state index in [0.29, 0.717) is 5.13 Å². The molecule has 2 N–H and O–H groups in total. The predicted octanol–water partition coefficient (Wildman–Crippen LogP) is 0.887. The number of rotatable bonds is 3. The van der Waals surface area contributed by atoms with E-state index in [0.717, 1.165) is 25.9 Å². The van der Waals surface area contributed by atoms with Crippen LogP contribution in [0.25, 0.3) is 0 Å². The second-order valence-corrected chi connectivity index (χ2v) is 4.63. The van der Waals surface area contributed by atoms with Gasteiger partial charge in [-0.3, -0.25) is 10.1 Å². The molecule has 3 amide bonds. The molecule has 0 unspecified atom stereocenters. The average molecular weight is 254 g/mol. The van der Waals surface area contributed by atoms with E-state index in [1.54, 1.807) is 16.5 Å². The molecule has 6 nitrogen and oxygen atoms in total. The largest absolute Gasteiger partial charge is 0.341 e. The normalized spacial score (nSPS) is 14.7. The van der Waals surface area contributed by atoms with Crippen LogP contribution in [0.1, 0.15) is 12.8 Å². The van der Waals surface area contributed by atoms with Gasteiger partial charge in [0.25, 0.3) is 0 Å². The first-order valence-electron chi connectivity index (χ1n) is 5.48. The highest BCUT2D eigenvalue weighted by atomic mass is 32.1. The second kappa shape index (κ2) is 5.62. The van der Waals surface area contributed by atoms with E-state index in [9.17, 15) is 9.59 Å². The first-order chi connectivity index (χ1) is 8.25. The number of hydrogen-bond acceptors (Lipinski definition) is 4. The maximum absolute atomic E-state index is 11.6. The molecule has 1 aromatic rings. The van der Waals surface area contributed by atoms with E-state index in [4.69, 9.17) is 0 Å². The van der Waals surface area contributed by atoms with Gasteiger partial charge in [0.1, 0.15) is 0 Å². The molecule has 0 saturated carbocycles. The van der Waals surface area contributed by atoms with Crippen LogP contribution in [0.2, 0.25) is 0 Å². The van der Waals surface area contributed by atoms with Gasteiger partial charge in [-0.15, -0.1) is 11.3 Å². The number of urea groups is 1. The van der Waals surface area contributed by atoms with Crippen LogP contribution in [0.3, 0.4) is 0 Å². The molecule has 1 aliphatic heterocycles. The maximum Gasteiger partial charge on any atom is 0.321 e. The molecule has 0 spiro atoms. The van der Waals surface area contributed by atoms with Crippen LogP contribution < -0.4 is 10.6 Å². The molecular formula is C10H14N4O2S. The molecule has 7 heteroatoms. The number of anilines is 1. The lowest BCUT2D eigenvalue weighted by atomic mass is 10.4. The highest BCUT2D eigenvalue weighted by Gasteiger charge is 2.18. The second-order valence-electron chi connectivity index (χ2n) is 3.73. The fraction of sp³-hybridized carbons (Fsp3) is 0.500. The number of hydrogen-bond donors (Lipinski definition) is 2. The van der Waals surface area contributed by atoms with Crippen molar-refractivity contribution in [2.75, 3.05) is 25.0 Å². The maximum atomic E-state index is 11.6. The monoisotopic (exact) mass is 254 g/mol. The lowest BCUT2D eigenvalue weighted by Gasteiger charge is -2.15. The first kappa shape index (κ1) is 11.8. The number of aromatic nitrogens is 1. The molecule has 1 fully saturated rings. The van der Waals surface area contributed by atoms with Gasteiger partial charge in [-0.1, -0.05) is 0 Å². The average Bonchev–Trinajstić information content (AvgIpc) is 2.97. The van der Waals surface area contributed by atoms with Crippen molar-refractivity contribution in [2.24, 2.45) is 0 Å². The minimum absolute atomic E-state index is 0.0308. The Morgan fingerprint density at radius 1 is 1.41 bits per heavy atom. The summed E-state index contributed by atoms with van der Waals surface area (Å²) in [5, 5.41) is 7.37. The highest BCUT2D eigenvalue weighted by Crippen LogP contribution is 2.09. The molecule has 92 valence electrons. The number of likely N-dealkylation sites (tertiary alicyclic amines) is 1. The van der Waals surface area contributed by atoms with Crippen molar-refractivity contribution in [3.05, 3.63) is 11.6 Å². The Bertz CT molecular complexity index is 387. The zero-order valence-electron chi connectivity index (χ0n) is 9.31. The van der Waals surface area contributed by atoms with Crippen molar-refractivity contribution in [3.63, 3.8) is 0 Å². The summed E-state index contributed by atoms with van der Waals surface area (Å²) in [6, 6.07) is -0.396. The number of nitrogens with one attached hydrogen (secondary N) is 2. The topological polar surface area (TPSA) is 74.3 Å². The summed E-state index contributed by atoms with van der Waals surface area (Å²) in [6.07, 6.45) is 3.71. The van der Waals surface area contributed by atoms with Crippen molar-refractivity contribution >= 4 is 28.4 Å². The third-order valence-corrected chi connectivity index (χ3v) is 3.20. The van der Waals surface area contributed by atoms with Crippen molar-refractivity contribution < 1.29 is 9.59 Å². The summed E-state index contributed by atoms with van der Waals surface area (Å²) < 4.78 is 0. The Morgan fingerprint density at radius 2 is 2.18 bits per heavy atom. The van der Waals surface area contributed by atoms with Crippen LogP contribution in [-0.2, 0) is 4.79 Å². The van der Waals surface area contributed by atoms with E-state index in [1.807, 2.05) is 0 Å². The molecule has 2 heterocycles. The third-order valence-electron chi connectivity index (χ3n) is 2.51. The molecule has 0 aliphatic carbocycles. The quantitative estimate of drug-likeness (QED) is 0.841. The predicted molar refractivity (Wildman–Crippen MR) is 64.9 cm³/mol. The molecule has 0 aromatic carbocycles. The fourth-order valence-corrected chi connectivity index (χ4v) is 2.18. The Kier molecular flexibility index (Phi) is 3.92. The van der Waals surface area contributed by atoms with E-state index >= 15 is 0 Å². The van der Waals surface area contributed by atoms with Gasteiger partial charge in [-0.05, 0) is 12.8 Å². The highest BCUT2D eigenvalue weighted by molar-refractivity contribution is 7.13.